The third-order valence-electron chi connectivity index (χ3n) is 6.85. The largest absolute Gasteiger partial charge is 0.396 e. The van der Waals surface area contributed by atoms with Gasteiger partial charge in [-0.2, -0.15) is 0 Å². The van der Waals surface area contributed by atoms with Gasteiger partial charge in [0.15, 0.2) is 5.79 Å². The first kappa shape index (κ1) is 8.46. The maximum absolute atomic E-state index is 9.74. The summed E-state index contributed by atoms with van der Waals surface area (Å²) in [5.41, 5.74) is 0.282. The van der Waals surface area contributed by atoms with E-state index in [2.05, 4.69) is 15.9 Å². The molecule has 7 aliphatic rings. The second kappa shape index (κ2) is 1.85. The number of hydrogen-bond donors (Lipinski definition) is 1. The highest BCUT2D eigenvalue weighted by molar-refractivity contribution is 9.10. The summed E-state index contributed by atoms with van der Waals surface area (Å²) >= 11 is 4.02. The highest BCUT2D eigenvalue weighted by Gasteiger charge is 3.08. The molecule has 1 heterocycles. The van der Waals surface area contributed by atoms with Crippen LogP contribution in [-0.4, -0.2) is 35.0 Å². The van der Waals surface area contributed by atoms with Crippen molar-refractivity contribution in [3.05, 3.63) is 0 Å². The quantitative estimate of drug-likeness (QED) is 0.717. The van der Waals surface area contributed by atoms with Crippen LogP contribution < -0.4 is 0 Å². The molecule has 4 heteroatoms. The van der Waals surface area contributed by atoms with Crippen LogP contribution in [0, 0.1) is 40.9 Å². The van der Waals surface area contributed by atoms with E-state index >= 15 is 0 Å². The lowest BCUT2D eigenvalue weighted by molar-refractivity contribution is -0.193. The minimum Gasteiger partial charge on any atom is -0.396 e. The van der Waals surface area contributed by atoms with Crippen LogP contribution in [0.1, 0.15) is 0 Å². The van der Waals surface area contributed by atoms with Gasteiger partial charge in [-0.1, -0.05) is 15.9 Å². The standard InChI is InChI=1S/C12H13BrO3/c13-11-6-4-5(6)10(3-14)8(9(10)11)7(4)12(11)15-1-2-16-12/h4-9,14H,1-3H2/t4-,5+,6-,7-,8+,9-,10-,11-/m0/s1. The molecule has 7 fully saturated rings. The molecule has 8 atom stereocenters. The van der Waals surface area contributed by atoms with Gasteiger partial charge in [0, 0.05) is 17.9 Å². The van der Waals surface area contributed by atoms with E-state index in [0.717, 1.165) is 31.0 Å². The third kappa shape index (κ3) is 0.428. The van der Waals surface area contributed by atoms with Gasteiger partial charge in [0.2, 0.25) is 0 Å². The summed E-state index contributed by atoms with van der Waals surface area (Å²) in [5.74, 6) is 3.92. The zero-order valence-corrected chi connectivity index (χ0v) is 10.3. The molecule has 0 radical (unpaired) electrons. The van der Waals surface area contributed by atoms with Gasteiger partial charge < -0.3 is 14.6 Å². The summed E-state index contributed by atoms with van der Waals surface area (Å²) < 4.78 is 12.1. The molecule has 0 aromatic carbocycles. The first-order valence-electron chi connectivity index (χ1n) is 6.33. The summed E-state index contributed by atoms with van der Waals surface area (Å²) in [5, 5.41) is 9.74. The van der Waals surface area contributed by atoms with Crippen molar-refractivity contribution in [1.82, 2.24) is 0 Å². The maximum atomic E-state index is 9.74. The summed E-state index contributed by atoms with van der Waals surface area (Å²) in [6, 6.07) is 0. The van der Waals surface area contributed by atoms with Gasteiger partial charge in [0.1, 0.15) is 0 Å². The van der Waals surface area contributed by atoms with Crippen LogP contribution in [-0.2, 0) is 9.47 Å². The lowest BCUT2D eigenvalue weighted by atomic mass is 9.94. The van der Waals surface area contributed by atoms with E-state index in [1.165, 1.54) is 0 Å². The molecule has 1 spiro atoms. The first-order valence-corrected chi connectivity index (χ1v) is 7.12. The van der Waals surface area contributed by atoms with Crippen molar-refractivity contribution >= 4 is 15.9 Å². The number of halogens is 1. The van der Waals surface area contributed by atoms with Crippen molar-refractivity contribution in [2.75, 3.05) is 19.8 Å². The molecular weight excluding hydrogens is 272 g/mol. The maximum Gasteiger partial charge on any atom is 0.187 e. The van der Waals surface area contributed by atoms with Gasteiger partial charge in [0.25, 0.3) is 0 Å². The number of ether oxygens (including phenoxy) is 2. The van der Waals surface area contributed by atoms with Gasteiger partial charge in [-0.05, 0) is 29.6 Å². The number of aliphatic hydroxyl groups excluding tert-OH is 1. The molecule has 0 unspecified atom stereocenters. The average molecular weight is 285 g/mol. The Bertz CT molecular complexity index is 448. The zero-order valence-electron chi connectivity index (χ0n) is 8.73. The third-order valence-corrected chi connectivity index (χ3v) is 8.42. The van der Waals surface area contributed by atoms with Gasteiger partial charge in [-0.25, -0.2) is 0 Å². The molecule has 2 bridgehead atoms. The molecule has 1 N–H and O–H groups in total. The summed E-state index contributed by atoms with van der Waals surface area (Å²) in [6.07, 6.45) is 0. The van der Waals surface area contributed by atoms with E-state index in [1.807, 2.05) is 0 Å². The van der Waals surface area contributed by atoms with E-state index in [9.17, 15) is 5.11 Å². The van der Waals surface area contributed by atoms with Crippen LogP contribution in [0.4, 0.5) is 0 Å². The van der Waals surface area contributed by atoms with Crippen LogP contribution >= 0.6 is 15.9 Å². The van der Waals surface area contributed by atoms with Gasteiger partial charge in [-0.3, -0.25) is 0 Å². The molecule has 0 aromatic rings. The molecular formula is C12H13BrO3. The monoisotopic (exact) mass is 284 g/mol. The Kier molecular flexibility index (Phi) is 0.979. The fourth-order valence-corrected chi connectivity index (χ4v) is 8.71. The van der Waals surface area contributed by atoms with Crippen LogP contribution in [0.25, 0.3) is 0 Å². The van der Waals surface area contributed by atoms with E-state index in [1.54, 1.807) is 0 Å². The topological polar surface area (TPSA) is 38.7 Å². The second-order valence-electron chi connectivity index (χ2n) is 6.56. The molecule has 3 nitrogen and oxygen atoms in total. The first-order chi connectivity index (χ1) is 7.75. The highest BCUT2D eigenvalue weighted by Crippen LogP contribution is 3.04. The predicted molar refractivity (Wildman–Crippen MR) is 56.8 cm³/mol. The Morgan fingerprint density at radius 2 is 1.88 bits per heavy atom. The fourth-order valence-electron chi connectivity index (χ4n) is 6.92. The minimum atomic E-state index is -0.302. The van der Waals surface area contributed by atoms with Crippen LogP contribution in [0.5, 0.6) is 0 Å². The molecule has 0 amide bonds. The Balaban J connectivity index is 1.63. The highest BCUT2D eigenvalue weighted by atomic mass is 79.9. The lowest BCUT2D eigenvalue weighted by Crippen LogP contribution is -2.50. The minimum absolute atomic E-state index is 0.0594. The number of rotatable bonds is 1. The van der Waals surface area contributed by atoms with E-state index in [0.29, 0.717) is 24.4 Å². The Labute approximate surface area is 102 Å². The molecule has 1 aliphatic heterocycles. The zero-order chi connectivity index (χ0) is 10.5. The lowest BCUT2D eigenvalue weighted by Gasteiger charge is -2.37. The summed E-state index contributed by atoms with van der Waals surface area (Å²) in [4.78, 5) is 0. The smallest absolute Gasteiger partial charge is 0.187 e. The fraction of sp³-hybridized carbons (Fsp3) is 1.00. The van der Waals surface area contributed by atoms with Crippen molar-refractivity contribution in [2.24, 2.45) is 40.9 Å². The predicted octanol–water partition coefficient (Wildman–Crippen LogP) is 0.607. The van der Waals surface area contributed by atoms with Crippen molar-refractivity contribution < 1.29 is 14.6 Å². The van der Waals surface area contributed by atoms with Crippen molar-refractivity contribution in [1.29, 1.82) is 0 Å². The molecule has 1 saturated heterocycles. The van der Waals surface area contributed by atoms with Crippen molar-refractivity contribution in [3.8, 4) is 0 Å². The molecule has 7 rings (SSSR count). The van der Waals surface area contributed by atoms with E-state index in [-0.39, 0.29) is 15.5 Å². The number of aliphatic hydroxyl groups is 1. The van der Waals surface area contributed by atoms with E-state index in [4.69, 9.17) is 9.47 Å². The molecule has 86 valence electrons. The Hall–Kier alpha value is 0.360. The van der Waals surface area contributed by atoms with Crippen LogP contribution in [0.15, 0.2) is 0 Å². The second-order valence-corrected chi connectivity index (χ2v) is 7.87. The van der Waals surface area contributed by atoms with Crippen LogP contribution in [0.2, 0.25) is 0 Å². The summed E-state index contributed by atoms with van der Waals surface area (Å²) in [6.45, 7) is 1.89. The average Bonchev–Trinajstić information content (AvgIpc) is 2.97. The number of alkyl halides is 1. The SMILES string of the molecule is OC[C@]12[C@@H]3[C@@H]4[C@H]5[C@@H]1[C@@H]2[C@@](Br)([C@@H]43)C51OCCO1. The van der Waals surface area contributed by atoms with E-state index < -0.39 is 0 Å². The van der Waals surface area contributed by atoms with Crippen LogP contribution in [0.3, 0.4) is 0 Å². The van der Waals surface area contributed by atoms with Gasteiger partial charge in [0.05, 0.1) is 17.5 Å². The molecule has 6 saturated carbocycles. The normalized spacial score (nSPS) is 77.6. The van der Waals surface area contributed by atoms with Gasteiger partial charge in [-0.15, -0.1) is 0 Å². The van der Waals surface area contributed by atoms with Crippen molar-refractivity contribution in [3.63, 3.8) is 0 Å². The molecule has 6 aliphatic carbocycles. The summed E-state index contributed by atoms with van der Waals surface area (Å²) in [7, 11) is 0. The molecule has 0 aromatic heterocycles. The number of hydrogen-bond acceptors (Lipinski definition) is 3. The van der Waals surface area contributed by atoms with Gasteiger partial charge >= 0.3 is 0 Å². The Morgan fingerprint density at radius 1 is 1.12 bits per heavy atom. The molecule has 16 heavy (non-hydrogen) atoms. The van der Waals surface area contributed by atoms with Crippen molar-refractivity contribution in [2.45, 2.75) is 10.1 Å². The Morgan fingerprint density at radius 3 is 2.31 bits per heavy atom.